The van der Waals surface area contributed by atoms with E-state index in [0.29, 0.717) is 11.8 Å². The number of nitrogens with zero attached hydrogens (tertiary/aromatic N) is 3. The summed E-state index contributed by atoms with van der Waals surface area (Å²) in [5, 5.41) is 11.8. The molecular formula is C24H31N3O. The molecule has 0 amide bonds. The number of rotatable bonds is 5. The zero-order chi connectivity index (χ0) is 18.2. The van der Waals surface area contributed by atoms with E-state index in [4.69, 9.17) is 0 Å². The average molecular weight is 378 g/mol. The first-order valence-electron chi connectivity index (χ1n) is 11.7. The molecule has 4 bridgehead atoms. The molecule has 1 aromatic rings. The van der Waals surface area contributed by atoms with Gasteiger partial charge in [0.25, 0.3) is 0 Å². The quantitative estimate of drug-likeness (QED) is 0.844. The van der Waals surface area contributed by atoms with Crippen molar-refractivity contribution in [2.75, 3.05) is 39.3 Å². The SMILES string of the molecule is O[C@]12[C@@H]3[C@@H]4[C@H]5C[C@H]6[C@@H]4[C@H]3[C@H]([C@H]6[C@H]51)N2CCN1CCN(Cc2ccccc2)CC1. The number of aliphatic hydroxyl groups is 1. The van der Waals surface area contributed by atoms with Crippen molar-refractivity contribution in [3.8, 4) is 0 Å². The van der Waals surface area contributed by atoms with Gasteiger partial charge < -0.3 is 5.11 Å². The predicted molar refractivity (Wildman–Crippen MR) is 106 cm³/mol. The van der Waals surface area contributed by atoms with Crippen LogP contribution in [0.15, 0.2) is 30.3 Å². The van der Waals surface area contributed by atoms with E-state index in [0.717, 1.165) is 61.2 Å². The Hall–Kier alpha value is -0.940. The Morgan fingerprint density at radius 2 is 1.61 bits per heavy atom. The molecule has 0 unspecified atom stereocenters. The van der Waals surface area contributed by atoms with E-state index in [1.807, 2.05) is 0 Å². The lowest BCUT2D eigenvalue weighted by molar-refractivity contribution is -0.132. The van der Waals surface area contributed by atoms with E-state index in [1.54, 1.807) is 0 Å². The summed E-state index contributed by atoms with van der Waals surface area (Å²) in [4.78, 5) is 7.90. The number of benzene rings is 1. The van der Waals surface area contributed by atoms with Crippen molar-refractivity contribution in [3.63, 3.8) is 0 Å². The van der Waals surface area contributed by atoms with Gasteiger partial charge in [0.15, 0.2) is 0 Å². The van der Waals surface area contributed by atoms with Crippen molar-refractivity contribution in [1.82, 2.24) is 14.7 Å². The van der Waals surface area contributed by atoms with Crippen molar-refractivity contribution in [3.05, 3.63) is 35.9 Å². The van der Waals surface area contributed by atoms with Crippen LogP contribution in [0, 0.1) is 47.3 Å². The summed E-state index contributed by atoms with van der Waals surface area (Å²) in [6.07, 6.45) is 1.48. The van der Waals surface area contributed by atoms with Crippen LogP contribution < -0.4 is 0 Å². The second kappa shape index (κ2) is 5.03. The molecule has 10 atom stereocenters. The molecule has 148 valence electrons. The van der Waals surface area contributed by atoms with Gasteiger partial charge in [-0.25, -0.2) is 0 Å². The first kappa shape index (κ1) is 15.8. The highest BCUT2D eigenvalue weighted by Gasteiger charge is 2.93. The second-order valence-corrected chi connectivity index (χ2v) is 11.0. The Labute approximate surface area is 167 Å². The van der Waals surface area contributed by atoms with Crippen LogP contribution >= 0.6 is 0 Å². The third-order valence-electron chi connectivity index (χ3n) is 10.6. The highest BCUT2D eigenvalue weighted by molar-refractivity contribution is 5.40. The van der Waals surface area contributed by atoms with Gasteiger partial charge in [-0.3, -0.25) is 14.7 Å². The standard InChI is InChI=1S/C24H31N3O/c28-24-21-16-12-15-17-18(16)22(24)20(17)23(19(15)21)27(24)11-10-25-6-8-26(9-7-25)13-14-4-2-1-3-5-14/h1-5,15-23,28H,6-13H2/t15-,16+,17-,18+,19+,20+,21-,22+,23-,24-/m0/s1. The number of hydrogen-bond donors (Lipinski definition) is 1. The maximum atomic E-state index is 11.8. The lowest BCUT2D eigenvalue weighted by Crippen LogP contribution is -2.53. The maximum absolute atomic E-state index is 11.8. The van der Waals surface area contributed by atoms with E-state index in [9.17, 15) is 5.11 Å². The maximum Gasteiger partial charge on any atom is 0.125 e. The van der Waals surface area contributed by atoms with Crippen LogP contribution in [0.1, 0.15) is 12.0 Å². The molecule has 9 rings (SSSR count). The molecule has 0 aromatic heterocycles. The molecule has 3 heterocycles. The normalized spacial score (nSPS) is 55.1. The molecule has 1 N–H and O–H groups in total. The number of hydrogen-bond acceptors (Lipinski definition) is 4. The summed E-state index contributed by atoms with van der Waals surface area (Å²) in [5.74, 6) is 6.97. The summed E-state index contributed by atoms with van der Waals surface area (Å²) in [6, 6.07) is 11.6. The van der Waals surface area contributed by atoms with Crippen LogP contribution in [0.4, 0.5) is 0 Å². The first-order valence-corrected chi connectivity index (χ1v) is 11.7. The van der Waals surface area contributed by atoms with Crippen LogP contribution in [0.5, 0.6) is 0 Å². The molecule has 5 aliphatic carbocycles. The van der Waals surface area contributed by atoms with E-state index in [2.05, 4.69) is 45.0 Å². The summed E-state index contributed by atoms with van der Waals surface area (Å²) >= 11 is 0. The molecule has 4 nitrogen and oxygen atoms in total. The molecule has 0 radical (unpaired) electrons. The highest BCUT2D eigenvalue weighted by atomic mass is 16.3. The van der Waals surface area contributed by atoms with Gasteiger partial charge in [0.1, 0.15) is 5.72 Å². The Morgan fingerprint density at radius 1 is 0.821 bits per heavy atom. The van der Waals surface area contributed by atoms with Crippen LogP contribution in [-0.4, -0.2) is 70.8 Å². The van der Waals surface area contributed by atoms with Crippen molar-refractivity contribution in [1.29, 1.82) is 0 Å². The molecule has 8 fully saturated rings. The molecule has 5 saturated carbocycles. The van der Waals surface area contributed by atoms with Gasteiger partial charge in [-0.1, -0.05) is 30.3 Å². The van der Waals surface area contributed by atoms with Crippen molar-refractivity contribution in [2.24, 2.45) is 47.3 Å². The van der Waals surface area contributed by atoms with E-state index >= 15 is 0 Å². The summed E-state index contributed by atoms with van der Waals surface area (Å²) in [6.45, 7) is 8.06. The van der Waals surface area contributed by atoms with Gasteiger partial charge in [-0.15, -0.1) is 0 Å². The molecule has 3 saturated heterocycles. The molecule has 3 aliphatic heterocycles. The lowest BCUT2D eigenvalue weighted by atomic mass is 9.59. The minimum absolute atomic E-state index is 0.383. The molecule has 4 heteroatoms. The van der Waals surface area contributed by atoms with Crippen LogP contribution in [0.25, 0.3) is 0 Å². The third-order valence-corrected chi connectivity index (χ3v) is 10.6. The average Bonchev–Trinajstić information content (AvgIpc) is 3.35. The van der Waals surface area contributed by atoms with Crippen LogP contribution in [0.2, 0.25) is 0 Å². The van der Waals surface area contributed by atoms with Gasteiger partial charge in [-0.2, -0.15) is 0 Å². The van der Waals surface area contributed by atoms with Gasteiger partial charge in [0.05, 0.1) is 0 Å². The monoisotopic (exact) mass is 377 g/mol. The fourth-order valence-corrected chi connectivity index (χ4v) is 10.1. The zero-order valence-electron chi connectivity index (χ0n) is 16.5. The smallest absolute Gasteiger partial charge is 0.125 e. The molecule has 28 heavy (non-hydrogen) atoms. The van der Waals surface area contributed by atoms with E-state index in [1.165, 1.54) is 38.2 Å². The molecular weight excluding hydrogens is 346 g/mol. The van der Waals surface area contributed by atoms with Crippen molar-refractivity contribution < 1.29 is 5.11 Å². The highest BCUT2D eigenvalue weighted by Crippen LogP contribution is 2.90. The molecule has 0 spiro atoms. The minimum atomic E-state index is -0.383. The topological polar surface area (TPSA) is 30.0 Å². The van der Waals surface area contributed by atoms with Gasteiger partial charge in [-0.05, 0) is 47.5 Å². The predicted octanol–water partition coefficient (Wildman–Crippen LogP) is 1.56. The third kappa shape index (κ3) is 1.57. The fraction of sp³-hybridized carbons (Fsp3) is 0.750. The molecule has 1 aromatic carbocycles. The van der Waals surface area contributed by atoms with Crippen LogP contribution in [0.3, 0.4) is 0 Å². The Morgan fingerprint density at radius 3 is 2.43 bits per heavy atom. The van der Waals surface area contributed by atoms with Crippen LogP contribution in [-0.2, 0) is 6.54 Å². The molecule has 8 aliphatic rings. The minimum Gasteiger partial charge on any atom is -0.375 e. The van der Waals surface area contributed by atoms with Gasteiger partial charge in [0.2, 0.25) is 0 Å². The first-order chi connectivity index (χ1) is 13.8. The van der Waals surface area contributed by atoms with Gasteiger partial charge >= 0.3 is 0 Å². The van der Waals surface area contributed by atoms with Crippen molar-refractivity contribution >= 4 is 0 Å². The Balaban J connectivity index is 0.924. The van der Waals surface area contributed by atoms with E-state index in [-0.39, 0.29) is 5.72 Å². The van der Waals surface area contributed by atoms with Crippen molar-refractivity contribution in [2.45, 2.75) is 24.7 Å². The van der Waals surface area contributed by atoms with Gasteiger partial charge in [0, 0.05) is 63.7 Å². The Kier molecular flexibility index (Phi) is 2.84. The lowest BCUT2D eigenvalue weighted by Gasteiger charge is -2.45. The number of piperazine rings is 1. The summed E-state index contributed by atoms with van der Waals surface area (Å²) in [5.41, 5.74) is 1.05. The van der Waals surface area contributed by atoms with E-state index < -0.39 is 0 Å². The largest absolute Gasteiger partial charge is 0.375 e. The zero-order valence-corrected chi connectivity index (χ0v) is 16.5. The Bertz CT molecular complexity index is 822. The summed E-state index contributed by atoms with van der Waals surface area (Å²) < 4.78 is 0. The fourth-order valence-electron chi connectivity index (χ4n) is 10.1. The second-order valence-electron chi connectivity index (χ2n) is 11.0. The summed E-state index contributed by atoms with van der Waals surface area (Å²) in [7, 11) is 0.